The fraction of sp³-hybridized carbons (Fsp3) is 0.455. The van der Waals surface area contributed by atoms with Crippen molar-refractivity contribution in [3.8, 4) is 5.75 Å². The molecule has 0 amide bonds. The maximum atomic E-state index is 6.10. The van der Waals surface area contributed by atoms with Crippen LogP contribution >= 0.6 is 23.2 Å². The first kappa shape index (κ1) is 12.0. The van der Waals surface area contributed by atoms with Crippen LogP contribution in [0, 0.1) is 0 Å². The van der Waals surface area contributed by atoms with Crippen molar-refractivity contribution >= 4 is 23.2 Å². The highest BCUT2D eigenvalue weighted by Gasteiger charge is 2.41. The largest absolute Gasteiger partial charge is 0.495 e. The van der Waals surface area contributed by atoms with Gasteiger partial charge in [-0.15, -0.1) is 0 Å². The van der Waals surface area contributed by atoms with E-state index in [9.17, 15) is 0 Å². The second-order valence-electron chi connectivity index (χ2n) is 3.79. The molecule has 1 aromatic carbocycles. The number of nitrogens with one attached hydrogen (secondary N) is 1. The molecule has 2 rings (SSSR count). The lowest BCUT2D eigenvalue weighted by atomic mass is 9.87. The molecule has 0 aliphatic carbocycles. The topological polar surface area (TPSA) is 30.5 Å². The Hall–Kier alpha value is -0.480. The predicted octanol–water partition coefficient (Wildman–Crippen LogP) is 2.45. The van der Waals surface area contributed by atoms with Gasteiger partial charge in [-0.1, -0.05) is 23.2 Å². The normalized spacial score (nSPS) is 18.0. The lowest BCUT2D eigenvalue weighted by Gasteiger charge is -2.42. The van der Waals surface area contributed by atoms with E-state index in [0.29, 0.717) is 29.0 Å². The highest BCUT2D eigenvalue weighted by Crippen LogP contribution is 2.41. The molecule has 0 radical (unpaired) electrons. The molecular weight excluding hydrogens is 249 g/mol. The fourth-order valence-corrected chi connectivity index (χ4v) is 2.43. The first-order valence-electron chi connectivity index (χ1n) is 4.93. The molecule has 1 heterocycles. The minimum Gasteiger partial charge on any atom is -0.495 e. The van der Waals surface area contributed by atoms with Crippen molar-refractivity contribution in [2.45, 2.75) is 5.54 Å². The van der Waals surface area contributed by atoms with E-state index >= 15 is 0 Å². The molecule has 1 aliphatic heterocycles. The van der Waals surface area contributed by atoms with Gasteiger partial charge in [-0.2, -0.15) is 0 Å². The van der Waals surface area contributed by atoms with Gasteiger partial charge in [0.15, 0.2) is 0 Å². The molecule has 5 heteroatoms. The molecule has 0 spiro atoms. The lowest BCUT2D eigenvalue weighted by molar-refractivity contribution is -0.0756. The van der Waals surface area contributed by atoms with Gasteiger partial charge in [-0.25, -0.2) is 0 Å². The summed E-state index contributed by atoms with van der Waals surface area (Å²) in [7, 11) is 3.48. The van der Waals surface area contributed by atoms with Gasteiger partial charge in [-0.3, -0.25) is 0 Å². The quantitative estimate of drug-likeness (QED) is 0.907. The number of methoxy groups -OCH3 is 1. The molecule has 0 aromatic heterocycles. The Morgan fingerprint density at radius 1 is 1.38 bits per heavy atom. The minimum absolute atomic E-state index is 0.236. The van der Waals surface area contributed by atoms with Gasteiger partial charge in [0.1, 0.15) is 5.75 Å². The molecule has 0 unspecified atom stereocenters. The van der Waals surface area contributed by atoms with Crippen LogP contribution in [-0.4, -0.2) is 27.4 Å². The standard InChI is InChI=1S/C11H13Cl2NO2/c1-14-11(5-16-6-11)8-3-7(12)4-9(13)10(8)15-2/h3-4,14H,5-6H2,1-2H3. The summed E-state index contributed by atoms with van der Waals surface area (Å²) in [6.45, 7) is 1.19. The molecular formula is C11H13Cl2NO2. The van der Waals surface area contributed by atoms with Crippen LogP contribution in [0.4, 0.5) is 0 Å². The van der Waals surface area contributed by atoms with E-state index in [2.05, 4.69) is 5.32 Å². The van der Waals surface area contributed by atoms with Gasteiger partial charge in [0.25, 0.3) is 0 Å². The van der Waals surface area contributed by atoms with Crippen LogP contribution in [0.5, 0.6) is 5.75 Å². The third kappa shape index (κ3) is 1.78. The maximum absolute atomic E-state index is 6.10. The van der Waals surface area contributed by atoms with Gasteiger partial charge in [0.05, 0.1) is 30.9 Å². The molecule has 1 fully saturated rings. The zero-order valence-corrected chi connectivity index (χ0v) is 10.7. The molecule has 1 N–H and O–H groups in total. The Kier molecular flexibility index (Phi) is 3.31. The van der Waals surface area contributed by atoms with Crippen molar-refractivity contribution in [3.05, 3.63) is 27.7 Å². The SMILES string of the molecule is CNC1(c2cc(Cl)cc(Cl)c2OC)COC1. The van der Waals surface area contributed by atoms with Crippen LogP contribution in [0.2, 0.25) is 10.0 Å². The molecule has 0 atom stereocenters. The van der Waals surface area contributed by atoms with Crippen molar-refractivity contribution in [2.75, 3.05) is 27.4 Å². The van der Waals surface area contributed by atoms with Gasteiger partial charge in [0, 0.05) is 10.6 Å². The van der Waals surface area contributed by atoms with Crippen molar-refractivity contribution in [1.82, 2.24) is 5.32 Å². The van der Waals surface area contributed by atoms with Crippen molar-refractivity contribution < 1.29 is 9.47 Å². The van der Waals surface area contributed by atoms with Crippen LogP contribution in [0.15, 0.2) is 12.1 Å². The Labute approximate surface area is 105 Å². The number of hydrogen-bond donors (Lipinski definition) is 1. The van der Waals surface area contributed by atoms with Crippen LogP contribution in [0.25, 0.3) is 0 Å². The molecule has 16 heavy (non-hydrogen) atoms. The summed E-state index contributed by atoms with van der Waals surface area (Å²) in [6, 6.07) is 3.54. The number of likely N-dealkylation sites (N-methyl/N-ethyl adjacent to an activating group) is 1. The number of rotatable bonds is 3. The third-order valence-corrected chi connectivity index (χ3v) is 3.40. The number of benzene rings is 1. The Bertz CT molecular complexity index is 400. The van der Waals surface area contributed by atoms with Crippen LogP contribution in [-0.2, 0) is 10.3 Å². The third-order valence-electron chi connectivity index (χ3n) is 2.90. The first-order valence-corrected chi connectivity index (χ1v) is 5.69. The molecule has 1 aliphatic rings. The molecule has 0 bridgehead atoms. The smallest absolute Gasteiger partial charge is 0.142 e. The number of halogens is 2. The lowest BCUT2D eigenvalue weighted by Crippen LogP contribution is -2.56. The van der Waals surface area contributed by atoms with Gasteiger partial charge in [-0.05, 0) is 19.2 Å². The second kappa shape index (κ2) is 4.41. The first-order chi connectivity index (χ1) is 7.63. The highest BCUT2D eigenvalue weighted by molar-refractivity contribution is 6.35. The van der Waals surface area contributed by atoms with Crippen molar-refractivity contribution in [1.29, 1.82) is 0 Å². The fourth-order valence-electron chi connectivity index (χ4n) is 1.86. The minimum atomic E-state index is -0.236. The van der Waals surface area contributed by atoms with E-state index in [0.717, 1.165) is 5.56 Å². The van der Waals surface area contributed by atoms with Gasteiger partial charge >= 0.3 is 0 Å². The van der Waals surface area contributed by atoms with Crippen LogP contribution < -0.4 is 10.1 Å². The van der Waals surface area contributed by atoms with Gasteiger partial charge < -0.3 is 14.8 Å². The summed E-state index contributed by atoms with van der Waals surface area (Å²) < 4.78 is 10.6. The Balaban J connectivity index is 2.53. The van der Waals surface area contributed by atoms with E-state index < -0.39 is 0 Å². The zero-order chi connectivity index (χ0) is 11.8. The number of ether oxygens (including phenoxy) is 2. The predicted molar refractivity (Wildman–Crippen MR) is 64.6 cm³/mol. The summed E-state index contributed by atoms with van der Waals surface area (Å²) in [5.41, 5.74) is 0.709. The zero-order valence-electron chi connectivity index (χ0n) is 9.14. The van der Waals surface area contributed by atoms with Gasteiger partial charge in [0.2, 0.25) is 0 Å². The summed E-state index contributed by atoms with van der Waals surface area (Å²) in [6.07, 6.45) is 0. The van der Waals surface area contributed by atoms with E-state index in [1.165, 1.54) is 0 Å². The maximum Gasteiger partial charge on any atom is 0.142 e. The molecule has 0 saturated carbocycles. The second-order valence-corrected chi connectivity index (χ2v) is 4.64. The Morgan fingerprint density at radius 3 is 2.50 bits per heavy atom. The average Bonchev–Trinajstić information content (AvgIpc) is 2.16. The number of hydrogen-bond acceptors (Lipinski definition) is 3. The van der Waals surface area contributed by atoms with E-state index in [-0.39, 0.29) is 5.54 Å². The summed E-state index contributed by atoms with van der Waals surface area (Å²) >= 11 is 12.1. The average molecular weight is 262 g/mol. The summed E-state index contributed by atoms with van der Waals surface area (Å²) in [5.74, 6) is 0.656. The van der Waals surface area contributed by atoms with Crippen LogP contribution in [0.1, 0.15) is 5.56 Å². The summed E-state index contributed by atoms with van der Waals surface area (Å²) in [5, 5.41) is 4.36. The molecule has 3 nitrogen and oxygen atoms in total. The van der Waals surface area contributed by atoms with E-state index in [1.54, 1.807) is 13.2 Å². The van der Waals surface area contributed by atoms with Crippen molar-refractivity contribution in [2.24, 2.45) is 0 Å². The van der Waals surface area contributed by atoms with Crippen LogP contribution in [0.3, 0.4) is 0 Å². The highest BCUT2D eigenvalue weighted by atomic mass is 35.5. The monoisotopic (exact) mass is 261 g/mol. The molecule has 1 saturated heterocycles. The van der Waals surface area contributed by atoms with E-state index in [4.69, 9.17) is 32.7 Å². The summed E-state index contributed by atoms with van der Waals surface area (Å²) in [4.78, 5) is 0. The Morgan fingerprint density at radius 2 is 2.06 bits per heavy atom. The molecule has 88 valence electrons. The molecule has 1 aromatic rings. The van der Waals surface area contributed by atoms with E-state index in [1.807, 2.05) is 13.1 Å². The van der Waals surface area contributed by atoms with Crippen molar-refractivity contribution in [3.63, 3.8) is 0 Å².